The van der Waals surface area contributed by atoms with E-state index in [1.54, 1.807) is 0 Å². The number of ether oxygens (including phenoxy) is 2. The summed E-state index contributed by atoms with van der Waals surface area (Å²) in [6, 6.07) is 0. The smallest absolute Gasteiger partial charge is 0.458 e. The number of esters is 1. The summed E-state index contributed by atoms with van der Waals surface area (Å²) in [6.45, 7) is 4.63. The van der Waals surface area contributed by atoms with Crippen LogP contribution in [0.1, 0.15) is 104 Å². The van der Waals surface area contributed by atoms with E-state index in [2.05, 4.69) is 6.92 Å². The van der Waals surface area contributed by atoms with Crippen LogP contribution in [0.5, 0.6) is 0 Å². The highest BCUT2D eigenvalue weighted by molar-refractivity contribution is 7.47. The summed E-state index contributed by atoms with van der Waals surface area (Å²) in [7, 11) is 1.66. The van der Waals surface area contributed by atoms with Crippen LogP contribution in [-0.4, -0.2) is 75.6 Å². The maximum absolute atomic E-state index is 12.0. The highest BCUT2D eigenvalue weighted by Gasteiger charge is 2.25. The summed E-state index contributed by atoms with van der Waals surface area (Å²) in [5, 5.41) is 0. The first-order valence-electron chi connectivity index (χ1n) is 13.7. The Morgan fingerprint density at radius 3 is 1.71 bits per heavy atom. The molecule has 0 saturated carbocycles. The van der Waals surface area contributed by atoms with Gasteiger partial charge in [-0.1, -0.05) is 90.4 Å². The Balaban J connectivity index is 3.77. The molecule has 0 rings (SSSR count). The van der Waals surface area contributed by atoms with Crippen LogP contribution in [-0.2, 0) is 27.9 Å². The molecule has 0 aromatic carbocycles. The molecule has 0 aromatic heterocycles. The number of phosphoric acid groups is 1. The van der Waals surface area contributed by atoms with Crippen LogP contribution in [0.2, 0.25) is 0 Å². The van der Waals surface area contributed by atoms with Gasteiger partial charge in [-0.15, -0.1) is 0 Å². The van der Waals surface area contributed by atoms with E-state index in [-0.39, 0.29) is 19.8 Å². The van der Waals surface area contributed by atoms with Crippen molar-refractivity contribution in [1.82, 2.24) is 0 Å². The van der Waals surface area contributed by atoms with E-state index in [9.17, 15) is 14.3 Å². The zero-order chi connectivity index (χ0) is 26.4. The summed E-state index contributed by atoms with van der Waals surface area (Å²) in [5.74, 6) is -0.489. The fraction of sp³-hybridized carbons (Fsp3) is 0.962. The molecule has 0 aliphatic heterocycles. The zero-order valence-electron chi connectivity index (χ0n) is 23.3. The topological polar surface area (TPSA) is 91.3 Å². The normalized spacial score (nSPS) is 14.6. The molecule has 0 aliphatic carbocycles. The molecule has 0 aliphatic rings. The highest BCUT2D eigenvalue weighted by atomic mass is 31.2. The van der Waals surface area contributed by atoms with Crippen molar-refractivity contribution >= 4 is 13.8 Å². The maximum Gasteiger partial charge on any atom is 0.472 e. The molecule has 0 bridgehead atoms. The van der Waals surface area contributed by atoms with Crippen LogP contribution in [0, 0.1) is 0 Å². The molecule has 2 unspecified atom stereocenters. The average molecular weight is 525 g/mol. The molecule has 0 amide bonds. The van der Waals surface area contributed by atoms with Crippen molar-refractivity contribution < 1.29 is 37.3 Å². The fourth-order valence-corrected chi connectivity index (χ4v) is 4.35. The van der Waals surface area contributed by atoms with Gasteiger partial charge >= 0.3 is 13.8 Å². The lowest BCUT2D eigenvalue weighted by Crippen LogP contribution is -2.37. The number of carbonyl (C=O) groups is 1. The van der Waals surface area contributed by atoms with E-state index >= 15 is 0 Å². The van der Waals surface area contributed by atoms with Crippen LogP contribution in [0.4, 0.5) is 0 Å². The molecule has 9 heteroatoms. The van der Waals surface area contributed by atoms with Crippen molar-refractivity contribution in [3.05, 3.63) is 0 Å². The Morgan fingerprint density at radius 2 is 1.26 bits per heavy atom. The van der Waals surface area contributed by atoms with E-state index < -0.39 is 19.9 Å². The summed E-state index contributed by atoms with van der Waals surface area (Å²) in [6.07, 6.45) is 17.4. The van der Waals surface area contributed by atoms with Crippen molar-refractivity contribution in [1.29, 1.82) is 0 Å². The molecule has 210 valence electrons. The van der Waals surface area contributed by atoms with Gasteiger partial charge in [0.2, 0.25) is 0 Å². The van der Waals surface area contributed by atoms with E-state index in [0.717, 1.165) is 12.8 Å². The van der Waals surface area contributed by atoms with Crippen LogP contribution in [0.15, 0.2) is 0 Å². The van der Waals surface area contributed by atoms with Gasteiger partial charge in [-0.3, -0.25) is 13.8 Å². The van der Waals surface area contributed by atoms with Crippen molar-refractivity contribution in [2.24, 2.45) is 0 Å². The predicted octanol–water partition coefficient (Wildman–Crippen LogP) is 6.26. The maximum atomic E-state index is 12.0. The Kier molecular flexibility index (Phi) is 21.3. The minimum Gasteiger partial charge on any atom is -0.458 e. The average Bonchev–Trinajstić information content (AvgIpc) is 2.75. The second-order valence-electron chi connectivity index (χ2n) is 10.5. The van der Waals surface area contributed by atoms with Gasteiger partial charge in [-0.2, -0.15) is 0 Å². The first-order chi connectivity index (χ1) is 16.6. The Morgan fingerprint density at radius 1 is 0.771 bits per heavy atom. The third-order valence-electron chi connectivity index (χ3n) is 5.72. The van der Waals surface area contributed by atoms with Gasteiger partial charge in [0.25, 0.3) is 0 Å². The molecule has 35 heavy (non-hydrogen) atoms. The molecule has 0 spiro atoms. The first-order valence-corrected chi connectivity index (χ1v) is 15.2. The van der Waals surface area contributed by atoms with E-state index in [1.165, 1.54) is 84.0 Å². The Hall–Kier alpha value is -0.500. The fourth-order valence-electron chi connectivity index (χ4n) is 3.61. The standard InChI is InChI=1S/C26H54NO7P/c1-6-7-8-9-10-11-12-13-14-15-16-17-18-19-21-31-23-26(34-25(2)28)24-33-35(29,30)32-22-20-27(3,4)5/h26H,6-24H2,1-5H3/p+1. The summed E-state index contributed by atoms with van der Waals surface area (Å²) in [5.41, 5.74) is 0. The SMILES string of the molecule is CCCCCCCCCCCCCCCCOCC(COP(=O)(O)OCC[N+](C)(C)C)OC(C)=O. The van der Waals surface area contributed by atoms with Crippen molar-refractivity contribution in [3.63, 3.8) is 0 Å². The second-order valence-corrected chi connectivity index (χ2v) is 12.0. The van der Waals surface area contributed by atoms with Gasteiger partial charge in [0.15, 0.2) is 0 Å². The van der Waals surface area contributed by atoms with Gasteiger partial charge in [0.1, 0.15) is 19.3 Å². The monoisotopic (exact) mass is 524 g/mol. The van der Waals surface area contributed by atoms with E-state index in [0.29, 0.717) is 17.6 Å². The van der Waals surface area contributed by atoms with Gasteiger partial charge in [0, 0.05) is 13.5 Å². The number of quaternary nitrogens is 1. The molecule has 0 heterocycles. The van der Waals surface area contributed by atoms with Gasteiger partial charge in [-0.25, -0.2) is 4.57 Å². The number of likely N-dealkylation sites (N-methyl/N-ethyl adjacent to an activating group) is 1. The van der Waals surface area contributed by atoms with E-state index in [1.807, 2.05) is 21.1 Å². The van der Waals surface area contributed by atoms with Crippen LogP contribution in [0.3, 0.4) is 0 Å². The van der Waals surface area contributed by atoms with Crippen molar-refractivity contribution in [2.45, 2.75) is 110 Å². The van der Waals surface area contributed by atoms with Crippen LogP contribution < -0.4 is 0 Å². The lowest BCUT2D eigenvalue weighted by molar-refractivity contribution is -0.870. The lowest BCUT2D eigenvalue weighted by Gasteiger charge is -2.24. The highest BCUT2D eigenvalue weighted by Crippen LogP contribution is 2.43. The van der Waals surface area contributed by atoms with Crippen LogP contribution in [0.25, 0.3) is 0 Å². The molecule has 0 fully saturated rings. The molecule has 1 N–H and O–H groups in total. The molecule has 8 nitrogen and oxygen atoms in total. The Bertz CT molecular complexity index is 554. The number of hydrogen-bond donors (Lipinski definition) is 1. The molecule has 0 radical (unpaired) electrons. The quantitative estimate of drug-likeness (QED) is 0.0653. The molecular formula is C26H55NO7P+. The van der Waals surface area contributed by atoms with Gasteiger partial charge < -0.3 is 18.9 Å². The zero-order valence-corrected chi connectivity index (χ0v) is 24.2. The number of hydrogen-bond acceptors (Lipinski definition) is 6. The lowest BCUT2D eigenvalue weighted by atomic mass is 10.0. The molecule has 0 aromatic rings. The number of unbranched alkanes of at least 4 members (excludes halogenated alkanes) is 13. The summed E-state index contributed by atoms with van der Waals surface area (Å²) >= 11 is 0. The van der Waals surface area contributed by atoms with Crippen LogP contribution >= 0.6 is 7.82 Å². The second kappa shape index (κ2) is 21.6. The molecule has 0 saturated heterocycles. The van der Waals surface area contributed by atoms with Gasteiger partial charge in [-0.05, 0) is 6.42 Å². The van der Waals surface area contributed by atoms with E-state index in [4.69, 9.17) is 18.5 Å². The predicted molar refractivity (Wildman–Crippen MR) is 141 cm³/mol. The summed E-state index contributed by atoms with van der Waals surface area (Å²) < 4.78 is 33.4. The summed E-state index contributed by atoms with van der Waals surface area (Å²) in [4.78, 5) is 21.2. The molecular weight excluding hydrogens is 469 g/mol. The largest absolute Gasteiger partial charge is 0.472 e. The van der Waals surface area contributed by atoms with Gasteiger partial charge in [0.05, 0.1) is 34.4 Å². The Labute approximate surface area is 215 Å². The molecule has 2 atom stereocenters. The van der Waals surface area contributed by atoms with Crippen molar-refractivity contribution in [2.75, 3.05) is 54.1 Å². The number of nitrogens with zero attached hydrogens (tertiary/aromatic N) is 1. The number of carbonyl (C=O) groups excluding carboxylic acids is 1. The first kappa shape index (κ1) is 34.5. The number of phosphoric ester groups is 1. The number of rotatable bonds is 25. The minimum atomic E-state index is -4.21. The van der Waals surface area contributed by atoms with Crippen molar-refractivity contribution in [3.8, 4) is 0 Å². The third-order valence-corrected chi connectivity index (χ3v) is 6.70. The minimum absolute atomic E-state index is 0.0884. The third kappa shape index (κ3) is 26.4.